The molecule has 1 aliphatic heterocycles. The molecule has 0 unspecified atom stereocenters. The van der Waals surface area contributed by atoms with E-state index in [0.29, 0.717) is 5.57 Å². The van der Waals surface area contributed by atoms with Gasteiger partial charge < -0.3 is 4.74 Å². The van der Waals surface area contributed by atoms with Gasteiger partial charge >= 0.3 is 11.7 Å². The number of benzene rings is 2. The second-order valence-corrected chi connectivity index (χ2v) is 7.83. The van der Waals surface area contributed by atoms with E-state index in [4.69, 9.17) is 4.74 Å². The molecule has 29 heavy (non-hydrogen) atoms. The first-order valence-corrected chi connectivity index (χ1v) is 9.74. The first-order valence-electron chi connectivity index (χ1n) is 8.94. The molecule has 3 aromatic rings. The van der Waals surface area contributed by atoms with Gasteiger partial charge in [-0.3, -0.25) is 14.3 Å². The predicted octanol–water partition coefficient (Wildman–Crippen LogP) is 3.36. The molecule has 0 spiro atoms. The highest BCUT2D eigenvalue weighted by Gasteiger charge is 2.45. The molecule has 4 rings (SSSR count). The summed E-state index contributed by atoms with van der Waals surface area (Å²) >= 11 is 3.13. The number of ether oxygens (including phenoxy) is 1. The van der Waals surface area contributed by atoms with Gasteiger partial charge in [-0.15, -0.1) is 0 Å². The Labute approximate surface area is 174 Å². The van der Waals surface area contributed by atoms with E-state index in [-0.39, 0.29) is 17.4 Å². The van der Waals surface area contributed by atoms with Gasteiger partial charge in [-0.1, -0.05) is 61.2 Å². The third-order valence-electron chi connectivity index (χ3n) is 4.99. The lowest BCUT2D eigenvalue weighted by Crippen LogP contribution is -2.38. The number of carbonyl (C=O) groups is 1. The van der Waals surface area contributed by atoms with Crippen molar-refractivity contribution in [3.63, 3.8) is 0 Å². The smallest absolute Gasteiger partial charge is 0.334 e. The fourth-order valence-electron chi connectivity index (χ4n) is 3.52. The Morgan fingerprint density at radius 3 is 2.31 bits per heavy atom. The molecule has 0 aliphatic carbocycles. The second kappa shape index (κ2) is 7.33. The van der Waals surface area contributed by atoms with E-state index < -0.39 is 22.8 Å². The number of nitrogens with one attached hydrogen (secondary N) is 1. The highest BCUT2D eigenvalue weighted by Crippen LogP contribution is 2.41. The Balaban J connectivity index is 1.76. The molecule has 0 radical (unpaired) electrons. The van der Waals surface area contributed by atoms with Gasteiger partial charge in [-0.05, 0) is 32.6 Å². The van der Waals surface area contributed by atoms with Crippen molar-refractivity contribution in [1.29, 1.82) is 0 Å². The maximum absolute atomic E-state index is 12.3. The van der Waals surface area contributed by atoms with Crippen LogP contribution < -0.4 is 11.2 Å². The standard InChI is InChI=1S/C22H17BrN2O4/c1-14-11-22(29-20(14)27,13-25-12-18(23)19(26)24-21(25)28)17-9-7-16(8-10-17)15-5-3-2-4-6-15/h2-10,12H,1,11,13H2,(H,24,26,28)/t22-/m0/s1. The van der Waals surface area contributed by atoms with Crippen LogP contribution >= 0.6 is 15.9 Å². The molecule has 1 atom stereocenters. The second-order valence-electron chi connectivity index (χ2n) is 6.97. The van der Waals surface area contributed by atoms with E-state index >= 15 is 0 Å². The lowest BCUT2D eigenvalue weighted by molar-refractivity contribution is -0.148. The maximum Gasteiger partial charge on any atom is 0.334 e. The zero-order valence-corrected chi connectivity index (χ0v) is 16.9. The van der Waals surface area contributed by atoms with Crippen molar-refractivity contribution in [3.8, 4) is 11.1 Å². The summed E-state index contributed by atoms with van der Waals surface area (Å²) in [4.78, 5) is 38.3. The molecule has 1 saturated heterocycles. The summed E-state index contributed by atoms with van der Waals surface area (Å²) in [6, 6.07) is 17.6. The summed E-state index contributed by atoms with van der Waals surface area (Å²) in [6.07, 6.45) is 1.65. The van der Waals surface area contributed by atoms with Crippen molar-refractivity contribution in [2.75, 3.05) is 0 Å². The van der Waals surface area contributed by atoms with Crippen LogP contribution in [0, 0.1) is 0 Å². The normalized spacial score (nSPS) is 18.7. The Kier molecular flexibility index (Phi) is 4.84. The average molecular weight is 453 g/mol. The Bertz CT molecular complexity index is 1190. The van der Waals surface area contributed by atoms with Crippen molar-refractivity contribution in [1.82, 2.24) is 9.55 Å². The number of halogens is 1. The van der Waals surface area contributed by atoms with Gasteiger partial charge in [0.1, 0.15) is 0 Å². The summed E-state index contributed by atoms with van der Waals surface area (Å²) < 4.78 is 7.26. The number of hydrogen-bond acceptors (Lipinski definition) is 4. The van der Waals surface area contributed by atoms with Crippen molar-refractivity contribution in [3.05, 3.63) is 104 Å². The van der Waals surface area contributed by atoms with E-state index in [2.05, 4.69) is 27.5 Å². The largest absolute Gasteiger partial charge is 0.449 e. The Morgan fingerprint density at radius 2 is 1.69 bits per heavy atom. The molecule has 0 amide bonds. The van der Waals surface area contributed by atoms with Crippen molar-refractivity contribution >= 4 is 21.9 Å². The number of rotatable bonds is 4. The number of carbonyl (C=O) groups excluding carboxylic acids is 1. The third kappa shape index (κ3) is 3.61. The molecular formula is C22H17BrN2O4. The highest BCUT2D eigenvalue weighted by molar-refractivity contribution is 9.10. The molecule has 1 aliphatic rings. The van der Waals surface area contributed by atoms with Crippen molar-refractivity contribution in [2.45, 2.75) is 18.6 Å². The van der Waals surface area contributed by atoms with Crippen LogP contribution in [0.2, 0.25) is 0 Å². The van der Waals surface area contributed by atoms with Crippen LogP contribution in [-0.4, -0.2) is 15.5 Å². The minimum atomic E-state index is -1.08. The van der Waals surface area contributed by atoms with Crippen LogP contribution in [0.15, 0.2) is 87.0 Å². The first kappa shape index (κ1) is 19.1. The molecule has 1 fully saturated rings. The number of aromatic amines is 1. The fraction of sp³-hybridized carbons (Fsp3) is 0.136. The first-order chi connectivity index (χ1) is 13.9. The zero-order valence-electron chi connectivity index (χ0n) is 15.4. The quantitative estimate of drug-likeness (QED) is 0.485. The summed E-state index contributed by atoms with van der Waals surface area (Å²) in [7, 11) is 0. The summed E-state index contributed by atoms with van der Waals surface area (Å²) in [5.74, 6) is -0.492. The highest BCUT2D eigenvalue weighted by atomic mass is 79.9. The van der Waals surface area contributed by atoms with Gasteiger partial charge in [0.25, 0.3) is 5.56 Å². The zero-order chi connectivity index (χ0) is 20.6. The molecule has 2 aromatic carbocycles. The summed E-state index contributed by atoms with van der Waals surface area (Å²) in [5.41, 5.74) is 1.02. The van der Waals surface area contributed by atoms with E-state index in [9.17, 15) is 14.4 Å². The predicted molar refractivity (Wildman–Crippen MR) is 112 cm³/mol. The van der Waals surface area contributed by atoms with E-state index in [1.807, 2.05) is 54.6 Å². The van der Waals surface area contributed by atoms with Crippen LogP contribution in [0.25, 0.3) is 11.1 Å². The molecular weight excluding hydrogens is 436 g/mol. The number of esters is 1. The SMILES string of the molecule is C=C1C[C@](Cn2cc(Br)c(=O)[nH]c2=O)(c2ccc(-c3ccccc3)cc2)OC1=O. The van der Waals surface area contributed by atoms with Gasteiger partial charge in [0.05, 0.1) is 11.0 Å². The summed E-state index contributed by atoms with van der Waals surface area (Å²) in [5, 5.41) is 0. The molecule has 6 nitrogen and oxygen atoms in total. The van der Waals surface area contributed by atoms with Crippen LogP contribution in [0.1, 0.15) is 12.0 Å². The fourth-order valence-corrected chi connectivity index (χ4v) is 3.86. The number of hydrogen-bond donors (Lipinski definition) is 1. The Morgan fingerprint density at radius 1 is 1.03 bits per heavy atom. The third-order valence-corrected chi connectivity index (χ3v) is 5.55. The Hall–Kier alpha value is -3.19. The van der Waals surface area contributed by atoms with Crippen LogP contribution in [0.5, 0.6) is 0 Å². The summed E-state index contributed by atoms with van der Waals surface area (Å²) in [6.45, 7) is 3.84. The minimum Gasteiger partial charge on any atom is -0.449 e. The van der Waals surface area contributed by atoms with Gasteiger partial charge in [-0.2, -0.15) is 0 Å². The lowest BCUT2D eigenvalue weighted by Gasteiger charge is -2.28. The van der Waals surface area contributed by atoms with E-state index in [1.165, 1.54) is 10.8 Å². The van der Waals surface area contributed by atoms with Crippen LogP contribution in [0.4, 0.5) is 0 Å². The van der Waals surface area contributed by atoms with Crippen LogP contribution in [-0.2, 0) is 21.7 Å². The molecule has 146 valence electrons. The van der Waals surface area contributed by atoms with Crippen molar-refractivity contribution in [2.24, 2.45) is 0 Å². The minimum absolute atomic E-state index is 0.0522. The maximum atomic E-state index is 12.3. The van der Waals surface area contributed by atoms with Gasteiger partial charge in [0.2, 0.25) is 0 Å². The lowest BCUT2D eigenvalue weighted by atomic mass is 9.88. The van der Waals surface area contributed by atoms with Gasteiger partial charge in [0, 0.05) is 18.2 Å². The number of H-pyrrole nitrogens is 1. The van der Waals surface area contributed by atoms with Crippen LogP contribution in [0.3, 0.4) is 0 Å². The topological polar surface area (TPSA) is 81.2 Å². The number of cyclic esters (lactones) is 1. The van der Waals surface area contributed by atoms with Gasteiger partial charge in [-0.25, -0.2) is 9.59 Å². The van der Waals surface area contributed by atoms with Crippen molar-refractivity contribution < 1.29 is 9.53 Å². The molecule has 1 aromatic heterocycles. The molecule has 7 heteroatoms. The molecule has 2 heterocycles. The average Bonchev–Trinajstić information content (AvgIpc) is 3.01. The molecule has 0 bridgehead atoms. The van der Waals surface area contributed by atoms with E-state index in [1.54, 1.807) is 0 Å². The number of aromatic nitrogens is 2. The van der Waals surface area contributed by atoms with Gasteiger partial charge in [0.15, 0.2) is 5.60 Å². The number of nitrogens with zero attached hydrogens (tertiary/aromatic N) is 1. The van der Waals surface area contributed by atoms with E-state index in [0.717, 1.165) is 16.7 Å². The monoisotopic (exact) mass is 452 g/mol. The molecule has 0 saturated carbocycles. The molecule has 1 N–H and O–H groups in total.